The molecule has 24 heavy (non-hydrogen) atoms. The first-order valence-corrected chi connectivity index (χ1v) is 7.47. The molecule has 2 N–H and O–H groups in total. The van der Waals surface area contributed by atoms with Crippen LogP contribution >= 0.6 is 0 Å². The van der Waals surface area contributed by atoms with Crippen molar-refractivity contribution in [3.63, 3.8) is 0 Å². The maximum absolute atomic E-state index is 12.1. The van der Waals surface area contributed by atoms with Crippen LogP contribution in [0.15, 0.2) is 60.3 Å². The molecular formula is C19H19N3O2. The quantitative estimate of drug-likeness (QED) is 0.633. The number of carbonyl (C=O) groups is 1. The van der Waals surface area contributed by atoms with Crippen LogP contribution < -0.4 is 15.4 Å². The summed E-state index contributed by atoms with van der Waals surface area (Å²) in [7, 11) is 1.60. The lowest BCUT2D eigenvalue weighted by Crippen LogP contribution is -2.24. The molecule has 0 atom stereocenters. The summed E-state index contributed by atoms with van der Waals surface area (Å²) in [4.78, 5) is 12.1. The third kappa shape index (κ3) is 4.62. The van der Waals surface area contributed by atoms with Gasteiger partial charge < -0.3 is 15.4 Å². The number of amides is 1. The highest BCUT2D eigenvalue weighted by atomic mass is 16.5. The van der Waals surface area contributed by atoms with Crippen molar-refractivity contribution in [1.29, 1.82) is 5.26 Å². The first kappa shape index (κ1) is 17.1. The minimum Gasteiger partial charge on any atom is -0.497 e. The van der Waals surface area contributed by atoms with Crippen molar-refractivity contribution in [3.05, 3.63) is 71.4 Å². The third-order valence-electron chi connectivity index (χ3n) is 3.49. The number of nitrogens with zero attached hydrogens (tertiary/aromatic N) is 1. The molecule has 2 aromatic carbocycles. The number of hydrogen-bond donors (Lipinski definition) is 2. The van der Waals surface area contributed by atoms with E-state index in [2.05, 4.69) is 10.6 Å². The minimum atomic E-state index is -0.422. The van der Waals surface area contributed by atoms with Gasteiger partial charge in [0.1, 0.15) is 17.4 Å². The molecule has 1 amide bonds. The molecule has 0 bridgehead atoms. The first-order valence-electron chi connectivity index (χ1n) is 7.47. The summed E-state index contributed by atoms with van der Waals surface area (Å²) >= 11 is 0. The van der Waals surface area contributed by atoms with Crippen LogP contribution in [0.3, 0.4) is 0 Å². The third-order valence-corrected chi connectivity index (χ3v) is 3.49. The summed E-state index contributed by atoms with van der Waals surface area (Å²) in [6.07, 6.45) is 1.42. The topological polar surface area (TPSA) is 74.1 Å². The van der Waals surface area contributed by atoms with E-state index in [4.69, 9.17) is 4.74 Å². The molecule has 0 heterocycles. The van der Waals surface area contributed by atoms with Crippen molar-refractivity contribution < 1.29 is 9.53 Å². The Kier molecular flexibility index (Phi) is 5.98. The molecule has 0 aromatic heterocycles. The molecule has 122 valence electrons. The van der Waals surface area contributed by atoms with E-state index in [1.165, 1.54) is 6.20 Å². The number of benzene rings is 2. The van der Waals surface area contributed by atoms with Gasteiger partial charge in [-0.15, -0.1) is 0 Å². The maximum Gasteiger partial charge on any atom is 0.263 e. The van der Waals surface area contributed by atoms with E-state index in [0.717, 1.165) is 22.6 Å². The second kappa shape index (κ2) is 8.39. The Hall–Kier alpha value is -3.26. The zero-order chi connectivity index (χ0) is 17.4. The van der Waals surface area contributed by atoms with E-state index in [-0.39, 0.29) is 5.57 Å². The molecule has 0 radical (unpaired) electrons. The molecule has 0 aliphatic rings. The molecule has 0 unspecified atom stereocenters. The van der Waals surface area contributed by atoms with E-state index in [0.29, 0.717) is 6.54 Å². The summed E-state index contributed by atoms with van der Waals surface area (Å²) in [5.41, 5.74) is 2.83. The fourth-order valence-corrected chi connectivity index (χ4v) is 2.05. The SMILES string of the molecule is COc1ccc(CNC(=O)/C(C#N)=C\Nc2ccccc2C)cc1. The van der Waals surface area contributed by atoms with Gasteiger partial charge in [0.15, 0.2) is 0 Å². The number of rotatable bonds is 6. The van der Waals surface area contributed by atoms with Crippen LogP contribution in [0.2, 0.25) is 0 Å². The van der Waals surface area contributed by atoms with Crippen molar-refractivity contribution >= 4 is 11.6 Å². The average Bonchev–Trinajstić information content (AvgIpc) is 2.62. The lowest BCUT2D eigenvalue weighted by atomic mass is 10.2. The van der Waals surface area contributed by atoms with Gasteiger partial charge in [-0.1, -0.05) is 30.3 Å². The molecule has 0 saturated heterocycles. The van der Waals surface area contributed by atoms with Crippen molar-refractivity contribution in [1.82, 2.24) is 5.32 Å². The van der Waals surface area contributed by atoms with Gasteiger partial charge in [0.05, 0.1) is 7.11 Å². The Morgan fingerprint density at radius 1 is 1.21 bits per heavy atom. The van der Waals surface area contributed by atoms with E-state index < -0.39 is 5.91 Å². The van der Waals surface area contributed by atoms with Gasteiger partial charge in [-0.05, 0) is 36.2 Å². The van der Waals surface area contributed by atoms with Crippen LogP contribution in [-0.2, 0) is 11.3 Å². The number of hydrogen-bond acceptors (Lipinski definition) is 4. The Labute approximate surface area is 141 Å². The molecule has 0 aliphatic carbocycles. The number of nitrogens with one attached hydrogen (secondary N) is 2. The first-order chi connectivity index (χ1) is 11.6. The lowest BCUT2D eigenvalue weighted by Gasteiger charge is -2.07. The second-order valence-electron chi connectivity index (χ2n) is 5.16. The number of carbonyl (C=O) groups excluding carboxylic acids is 1. The number of anilines is 1. The maximum atomic E-state index is 12.1. The van der Waals surface area contributed by atoms with Crippen LogP contribution in [0.1, 0.15) is 11.1 Å². The standard InChI is InChI=1S/C19H19N3O2/c1-14-5-3-4-6-18(14)21-13-16(11-20)19(23)22-12-15-7-9-17(24-2)10-8-15/h3-10,13,21H,12H2,1-2H3,(H,22,23)/b16-13-. The number of aryl methyl sites for hydroxylation is 1. The van der Waals surface area contributed by atoms with Gasteiger partial charge in [0.2, 0.25) is 0 Å². The molecule has 5 heteroatoms. The fourth-order valence-electron chi connectivity index (χ4n) is 2.05. The summed E-state index contributed by atoms with van der Waals surface area (Å²) < 4.78 is 5.09. The Morgan fingerprint density at radius 3 is 2.54 bits per heavy atom. The van der Waals surface area contributed by atoms with Gasteiger partial charge in [-0.2, -0.15) is 5.26 Å². The summed E-state index contributed by atoms with van der Waals surface area (Å²) in [5.74, 6) is 0.333. The fraction of sp³-hybridized carbons (Fsp3) is 0.158. The molecule has 5 nitrogen and oxygen atoms in total. The van der Waals surface area contributed by atoms with E-state index in [9.17, 15) is 10.1 Å². The van der Waals surface area contributed by atoms with Crippen LogP contribution in [0.5, 0.6) is 5.75 Å². The highest BCUT2D eigenvalue weighted by Crippen LogP contribution is 2.14. The van der Waals surface area contributed by atoms with Crippen molar-refractivity contribution in [2.24, 2.45) is 0 Å². The van der Waals surface area contributed by atoms with Gasteiger partial charge >= 0.3 is 0 Å². The highest BCUT2D eigenvalue weighted by Gasteiger charge is 2.08. The molecule has 2 aromatic rings. The Bertz CT molecular complexity index is 774. The van der Waals surface area contributed by atoms with Crippen molar-refractivity contribution in [3.8, 4) is 11.8 Å². The van der Waals surface area contributed by atoms with Crippen molar-refractivity contribution in [2.75, 3.05) is 12.4 Å². The van der Waals surface area contributed by atoms with Crippen LogP contribution in [0.25, 0.3) is 0 Å². The summed E-state index contributed by atoms with van der Waals surface area (Å²) in [5, 5.41) is 14.9. The molecule has 0 spiro atoms. The van der Waals surface area contributed by atoms with Gasteiger partial charge in [0, 0.05) is 18.4 Å². The predicted molar refractivity (Wildman–Crippen MR) is 93.3 cm³/mol. The molecule has 0 aliphatic heterocycles. The summed E-state index contributed by atoms with van der Waals surface area (Å²) in [6.45, 7) is 2.29. The number of nitriles is 1. The van der Waals surface area contributed by atoms with Crippen LogP contribution in [-0.4, -0.2) is 13.0 Å². The lowest BCUT2D eigenvalue weighted by molar-refractivity contribution is -0.117. The van der Waals surface area contributed by atoms with E-state index in [1.54, 1.807) is 7.11 Å². The average molecular weight is 321 g/mol. The zero-order valence-corrected chi connectivity index (χ0v) is 13.7. The number of ether oxygens (including phenoxy) is 1. The second-order valence-corrected chi connectivity index (χ2v) is 5.16. The molecular weight excluding hydrogens is 302 g/mol. The van der Waals surface area contributed by atoms with E-state index in [1.807, 2.05) is 61.5 Å². The zero-order valence-electron chi connectivity index (χ0n) is 13.7. The van der Waals surface area contributed by atoms with Crippen LogP contribution in [0.4, 0.5) is 5.69 Å². The normalized spacial score (nSPS) is 10.6. The summed E-state index contributed by atoms with van der Waals surface area (Å²) in [6, 6.07) is 16.9. The predicted octanol–water partition coefficient (Wildman–Crippen LogP) is 3.14. The molecule has 0 fully saturated rings. The Morgan fingerprint density at radius 2 is 1.92 bits per heavy atom. The Balaban J connectivity index is 1.97. The van der Waals surface area contributed by atoms with Gasteiger partial charge in [-0.25, -0.2) is 0 Å². The number of methoxy groups -OCH3 is 1. The highest BCUT2D eigenvalue weighted by molar-refractivity contribution is 5.97. The van der Waals surface area contributed by atoms with E-state index >= 15 is 0 Å². The van der Waals surface area contributed by atoms with Gasteiger partial charge in [0.25, 0.3) is 5.91 Å². The molecule has 0 saturated carbocycles. The molecule has 2 rings (SSSR count). The largest absolute Gasteiger partial charge is 0.497 e. The van der Waals surface area contributed by atoms with Crippen molar-refractivity contribution in [2.45, 2.75) is 13.5 Å². The monoisotopic (exact) mass is 321 g/mol. The van der Waals surface area contributed by atoms with Gasteiger partial charge in [-0.3, -0.25) is 4.79 Å². The van der Waals surface area contributed by atoms with Crippen LogP contribution in [0, 0.1) is 18.3 Å². The minimum absolute atomic E-state index is 0.0202. The number of para-hydroxylation sites is 1. The smallest absolute Gasteiger partial charge is 0.263 e.